The van der Waals surface area contributed by atoms with Gasteiger partial charge >= 0.3 is 23.5 Å². The Morgan fingerprint density at radius 1 is 1.26 bits per heavy atom. The largest absolute Gasteiger partial charge is 0.490 e. The van der Waals surface area contributed by atoms with Crippen molar-refractivity contribution in [1.29, 1.82) is 0 Å². The van der Waals surface area contributed by atoms with Crippen LogP contribution in [0.1, 0.15) is 12.6 Å². The molecule has 1 aliphatic heterocycles. The second-order valence-electron chi connectivity index (χ2n) is 6.63. The van der Waals surface area contributed by atoms with E-state index in [0.29, 0.717) is 0 Å². The van der Waals surface area contributed by atoms with E-state index in [2.05, 4.69) is 28.1 Å². The van der Waals surface area contributed by atoms with Crippen molar-refractivity contribution in [2.75, 3.05) is 24.5 Å². The first kappa shape index (κ1) is 28.7. The first-order chi connectivity index (χ1) is 16.2. The van der Waals surface area contributed by atoms with E-state index >= 15 is 0 Å². The maximum atomic E-state index is 12.1. The van der Waals surface area contributed by atoms with Crippen LogP contribution in [0.4, 0.5) is 5.95 Å². The Balaban J connectivity index is 1.75. The Hall–Kier alpha value is -0.820. The normalized spacial score (nSPS) is 24.4. The number of hydrogen-bond donors (Lipinski definition) is 6. The van der Waals surface area contributed by atoms with Crippen LogP contribution in [0.5, 0.6) is 0 Å². The summed E-state index contributed by atoms with van der Waals surface area (Å²) in [6.07, 6.45) is 0.662. The molecule has 0 aliphatic carbocycles. The number of H-pyrrole nitrogens is 1. The summed E-state index contributed by atoms with van der Waals surface area (Å²) in [6, 6.07) is 0. The van der Waals surface area contributed by atoms with E-state index < -0.39 is 54.1 Å². The number of nitrogens with two attached hydrogens (primary N) is 1. The third-order valence-electron chi connectivity index (χ3n) is 4.21. The first-order valence-corrected chi connectivity index (χ1v) is 16.4. The maximum absolute atomic E-state index is 12.1. The molecule has 1 saturated heterocycles. The average molecular weight is 599 g/mol. The maximum Gasteiger partial charge on any atom is 0.490 e. The van der Waals surface area contributed by atoms with Gasteiger partial charge in [0.2, 0.25) is 5.95 Å². The van der Waals surface area contributed by atoms with Crippen LogP contribution in [-0.2, 0) is 36.3 Å². The number of rotatable bonds is 12. The van der Waals surface area contributed by atoms with Crippen LogP contribution in [0.3, 0.4) is 0 Å². The smallest absolute Gasteiger partial charge is 0.369 e. The average Bonchev–Trinajstić information content (AvgIpc) is 3.28. The molecule has 18 nitrogen and oxygen atoms in total. The second kappa shape index (κ2) is 11.3. The van der Waals surface area contributed by atoms with Crippen LogP contribution in [0, 0.1) is 0 Å². The minimum atomic E-state index is -5.67. The first-order valence-electron chi connectivity index (χ1n) is 9.13. The van der Waals surface area contributed by atoms with Gasteiger partial charge in [-0.1, -0.05) is 21.6 Å². The molecule has 23 heteroatoms. The standard InChI is InChI=1S/C12H20N5O13P3S2/c1-34-35-5-26-6-2-8(17-4-14-9-10(17)15-12(13)16-11(9)18)28-7(6)3-27-32(22,23)30-33(24,25)29-31(19,20)21/h4,6-8H,2-3,5H2,1H3,(H,22,23)(H,24,25)(H2,19,20,21)(H3,13,15,16,18)/t6?,7-,8-/m1/s1. The second-order valence-corrected chi connectivity index (χ2v) is 13.6. The predicted octanol–water partition coefficient (Wildman–Crippen LogP) is 0.686. The molecule has 2 aromatic heterocycles. The van der Waals surface area contributed by atoms with Crippen molar-refractivity contribution in [3.05, 3.63) is 16.7 Å². The number of phosphoric acid groups is 3. The Labute approximate surface area is 203 Å². The highest BCUT2D eigenvalue weighted by Gasteiger charge is 2.43. The molecule has 35 heavy (non-hydrogen) atoms. The molecule has 198 valence electrons. The number of nitrogen functional groups attached to an aromatic ring is 1. The molecule has 0 bridgehead atoms. The van der Waals surface area contributed by atoms with Crippen LogP contribution >= 0.6 is 45.1 Å². The topological polar surface area (TPSA) is 268 Å². The number of aromatic nitrogens is 4. The van der Waals surface area contributed by atoms with Gasteiger partial charge < -0.3 is 34.8 Å². The summed E-state index contributed by atoms with van der Waals surface area (Å²) in [7, 11) is -13.8. The van der Waals surface area contributed by atoms with E-state index in [-0.39, 0.29) is 29.5 Å². The molecule has 3 unspecified atom stereocenters. The van der Waals surface area contributed by atoms with Gasteiger partial charge in [-0.2, -0.15) is 13.6 Å². The fourth-order valence-electron chi connectivity index (χ4n) is 2.98. The Bertz CT molecular complexity index is 1250. The minimum absolute atomic E-state index is 0.00470. The number of fused-ring (bicyclic) bond motifs is 1. The van der Waals surface area contributed by atoms with Crippen LogP contribution < -0.4 is 11.3 Å². The van der Waals surface area contributed by atoms with Crippen LogP contribution in [-0.4, -0.2) is 70.1 Å². The fraction of sp³-hybridized carbons (Fsp3) is 0.583. The number of nitrogens with zero attached hydrogens (tertiary/aromatic N) is 3. The van der Waals surface area contributed by atoms with Crippen LogP contribution in [0.2, 0.25) is 0 Å². The van der Waals surface area contributed by atoms with Crippen molar-refractivity contribution < 1.29 is 55.9 Å². The van der Waals surface area contributed by atoms with E-state index in [9.17, 15) is 28.3 Å². The molecular formula is C12H20N5O13P3S2. The van der Waals surface area contributed by atoms with Gasteiger partial charge in [0.25, 0.3) is 5.56 Å². The van der Waals surface area contributed by atoms with Crippen molar-refractivity contribution in [3.63, 3.8) is 0 Å². The molecule has 2 aromatic rings. The lowest BCUT2D eigenvalue weighted by Gasteiger charge is -2.21. The molecule has 3 rings (SSSR count). The highest BCUT2D eigenvalue weighted by Crippen LogP contribution is 2.66. The summed E-state index contributed by atoms with van der Waals surface area (Å²) >= 11 is 0. The van der Waals surface area contributed by atoms with Crippen molar-refractivity contribution in [2.45, 2.75) is 24.9 Å². The van der Waals surface area contributed by atoms with E-state index in [1.807, 2.05) is 6.26 Å². The summed E-state index contributed by atoms with van der Waals surface area (Å²) in [5.74, 6) is 0.0408. The Kier molecular flexibility index (Phi) is 9.27. The zero-order valence-corrected chi connectivity index (χ0v) is 21.8. The molecule has 0 amide bonds. The van der Waals surface area contributed by atoms with Gasteiger partial charge in [-0.25, -0.2) is 18.7 Å². The monoisotopic (exact) mass is 599 g/mol. The SMILES string of the molecule is CSSCOC1C[C@H](n2cnc3c(=O)[nH]c(N)nc32)O[C@@H]1COP(=O)(O)OP(=O)(O)OP(=O)(O)O. The van der Waals surface area contributed by atoms with Gasteiger partial charge in [0.1, 0.15) is 18.3 Å². The van der Waals surface area contributed by atoms with E-state index in [0.717, 1.165) is 0 Å². The van der Waals surface area contributed by atoms with Gasteiger partial charge in [-0.05, 0) is 6.26 Å². The summed E-state index contributed by atoms with van der Waals surface area (Å²) in [5, 5.41) is 0. The molecule has 0 spiro atoms. The van der Waals surface area contributed by atoms with E-state index in [1.54, 1.807) is 0 Å². The quantitative estimate of drug-likeness (QED) is 0.0847. The lowest BCUT2D eigenvalue weighted by Crippen LogP contribution is -2.28. The Morgan fingerprint density at radius 3 is 2.63 bits per heavy atom. The van der Waals surface area contributed by atoms with Crippen molar-refractivity contribution >= 4 is 62.2 Å². The molecule has 0 radical (unpaired) electrons. The van der Waals surface area contributed by atoms with Crippen molar-refractivity contribution in [3.8, 4) is 0 Å². The summed E-state index contributed by atoms with van der Waals surface area (Å²) < 4.78 is 59.3. The minimum Gasteiger partial charge on any atom is -0.369 e. The summed E-state index contributed by atoms with van der Waals surface area (Å²) in [6.45, 7) is -0.711. The van der Waals surface area contributed by atoms with Gasteiger partial charge in [0.05, 0.1) is 19.0 Å². The molecule has 3 heterocycles. The number of aromatic amines is 1. The van der Waals surface area contributed by atoms with Crippen molar-refractivity contribution in [2.24, 2.45) is 0 Å². The van der Waals surface area contributed by atoms with E-state index in [1.165, 1.54) is 32.5 Å². The molecule has 5 atom stereocenters. The number of imidazole rings is 1. The zero-order chi connectivity index (χ0) is 26.0. The zero-order valence-electron chi connectivity index (χ0n) is 17.5. The Morgan fingerprint density at radius 2 is 1.97 bits per heavy atom. The molecular weight excluding hydrogens is 579 g/mol. The van der Waals surface area contributed by atoms with Gasteiger partial charge in [-0.15, -0.1) is 0 Å². The molecule has 1 fully saturated rings. The highest BCUT2D eigenvalue weighted by atomic mass is 33.1. The predicted molar refractivity (Wildman–Crippen MR) is 122 cm³/mol. The number of hydrogen-bond acceptors (Lipinski definition) is 14. The number of nitrogens with one attached hydrogen (secondary N) is 1. The van der Waals surface area contributed by atoms with Gasteiger partial charge in [-0.3, -0.25) is 18.9 Å². The van der Waals surface area contributed by atoms with Gasteiger partial charge in [0, 0.05) is 6.42 Å². The number of ether oxygens (including phenoxy) is 2. The highest BCUT2D eigenvalue weighted by molar-refractivity contribution is 8.76. The molecule has 0 saturated carbocycles. The third-order valence-corrected chi connectivity index (χ3v) is 9.47. The van der Waals surface area contributed by atoms with Crippen molar-refractivity contribution in [1.82, 2.24) is 19.5 Å². The third kappa shape index (κ3) is 8.08. The molecule has 7 N–H and O–H groups in total. The summed E-state index contributed by atoms with van der Waals surface area (Å²) in [5.41, 5.74) is 5.13. The number of phosphoric ester groups is 1. The molecule has 0 aromatic carbocycles. The number of anilines is 1. The lowest BCUT2D eigenvalue weighted by atomic mass is 10.2. The van der Waals surface area contributed by atoms with Crippen LogP contribution in [0.15, 0.2) is 11.1 Å². The molecule has 1 aliphatic rings. The van der Waals surface area contributed by atoms with E-state index in [4.69, 9.17) is 25.0 Å². The van der Waals surface area contributed by atoms with Crippen LogP contribution in [0.25, 0.3) is 11.2 Å². The summed E-state index contributed by atoms with van der Waals surface area (Å²) in [4.78, 5) is 58.6. The van der Waals surface area contributed by atoms with Gasteiger partial charge in [0.15, 0.2) is 11.2 Å². The lowest BCUT2D eigenvalue weighted by molar-refractivity contribution is -0.0522. The fourth-order valence-corrected chi connectivity index (χ4v) is 6.80.